The van der Waals surface area contributed by atoms with Crippen LogP contribution in [0.1, 0.15) is 24.0 Å². The second kappa shape index (κ2) is 8.85. The van der Waals surface area contributed by atoms with Gasteiger partial charge in [-0.05, 0) is 56.4 Å². The smallest absolute Gasteiger partial charge is 0.00915 e. The van der Waals surface area contributed by atoms with Crippen molar-refractivity contribution < 1.29 is 0 Å². The van der Waals surface area contributed by atoms with Crippen molar-refractivity contribution in [1.29, 1.82) is 0 Å². The molecule has 2 aromatic carbocycles. The molecule has 2 nitrogen and oxygen atoms in total. The predicted octanol–water partition coefficient (Wildman–Crippen LogP) is 3.53. The Hall–Kier alpha value is -1.64. The molecule has 3 rings (SSSR count). The standard InChI is InChI=1S/C21H28N2/c1-3-7-19(8-4-1)11-15-22-21-13-17-23(18-14-21)16-12-20-9-5-2-6-10-20/h1-10,21-22H,11-18H2. The fourth-order valence-corrected chi connectivity index (χ4v) is 3.36. The Balaban J connectivity index is 1.31. The fraction of sp³-hybridized carbons (Fsp3) is 0.429. The van der Waals surface area contributed by atoms with Crippen molar-refractivity contribution in [3.63, 3.8) is 0 Å². The number of hydrogen-bond acceptors (Lipinski definition) is 2. The average molecular weight is 308 g/mol. The Morgan fingerprint density at radius 1 is 0.783 bits per heavy atom. The minimum atomic E-state index is 0.701. The number of piperidine rings is 1. The van der Waals surface area contributed by atoms with Crippen LogP contribution in [0.3, 0.4) is 0 Å². The topological polar surface area (TPSA) is 15.3 Å². The molecule has 1 N–H and O–H groups in total. The molecular formula is C21H28N2. The maximum absolute atomic E-state index is 3.74. The third-order valence-corrected chi connectivity index (χ3v) is 4.84. The third kappa shape index (κ3) is 5.49. The molecule has 1 saturated heterocycles. The van der Waals surface area contributed by atoms with Crippen molar-refractivity contribution in [2.24, 2.45) is 0 Å². The summed E-state index contributed by atoms with van der Waals surface area (Å²) in [6.45, 7) is 4.76. The number of likely N-dealkylation sites (tertiary alicyclic amines) is 1. The summed E-state index contributed by atoms with van der Waals surface area (Å²) in [7, 11) is 0. The van der Waals surface area contributed by atoms with E-state index in [0.717, 1.165) is 13.0 Å². The number of benzene rings is 2. The van der Waals surface area contributed by atoms with E-state index < -0.39 is 0 Å². The lowest BCUT2D eigenvalue weighted by Gasteiger charge is -2.32. The lowest BCUT2D eigenvalue weighted by Crippen LogP contribution is -2.43. The van der Waals surface area contributed by atoms with Crippen LogP contribution in [0.25, 0.3) is 0 Å². The van der Waals surface area contributed by atoms with Gasteiger partial charge in [0.15, 0.2) is 0 Å². The van der Waals surface area contributed by atoms with Gasteiger partial charge in [-0.2, -0.15) is 0 Å². The zero-order valence-electron chi connectivity index (χ0n) is 14.0. The summed E-state index contributed by atoms with van der Waals surface area (Å²) in [4.78, 5) is 2.61. The van der Waals surface area contributed by atoms with E-state index in [1.54, 1.807) is 0 Å². The summed E-state index contributed by atoms with van der Waals surface area (Å²) in [5, 5.41) is 3.74. The number of hydrogen-bond donors (Lipinski definition) is 1. The minimum Gasteiger partial charge on any atom is -0.314 e. The lowest BCUT2D eigenvalue weighted by atomic mass is 10.0. The first kappa shape index (κ1) is 16.2. The van der Waals surface area contributed by atoms with Crippen molar-refractivity contribution in [3.8, 4) is 0 Å². The van der Waals surface area contributed by atoms with E-state index in [2.05, 4.69) is 70.9 Å². The van der Waals surface area contributed by atoms with Crippen molar-refractivity contribution in [2.45, 2.75) is 31.7 Å². The van der Waals surface area contributed by atoms with E-state index in [-0.39, 0.29) is 0 Å². The van der Waals surface area contributed by atoms with Crippen LogP contribution in [0.2, 0.25) is 0 Å². The maximum atomic E-state index is 3.74. The Morgan fingerprint density at radius 3 is 1.96 bits per heavy atom. The van der Waals surface area contributed by atoms with Gasteiger partial charge in [0.1, 0.15) is 0 Å². The van der Waals surface area contributed by atoms with Crippen LogP contribution in [0, 0.1) is 0 Å². The molecule has 0 radical (unpaired) electrons. The molecule has 1 aliphatic rings. The molecule has 0 bridgehead atoms. The van der Waals surface area contributed by atoms with Crippen LogP contribution in [0.4, 0.5) is 0 Å². The zero-order valence-corrected chi connectivity index (χ0v) is 14.0. The number of rotatable bonds is 7. The Bertz CT molecular complexity index is 545. The van der Waals surface area contributed by atoms with E-state index >= 15 is 0 Å². The molecule has 23 heavy (non-hydrogen) atoms. The van der Waals surface area contributed by atoms with E-state index in [1.165, 1.54) is 50.0 Å². The van der Waals surface area contributed by atoms with Gasteiger partial charge in [-0.1, -0.05) is 60.7 Å². The molecule has 0 spiro atoms. The molecule has 0 aliphatic carbocycles. The highest BCUT2D eigenvalue weighted by atomic mass is 15.1. The van der Waals surface area contributed by atoms with Crippen molar-refractivity contribution in [3.05, 3.63) is 71.8 Å². The fourth-order valence-electron chi connectivity index (χ4n) is 3.36. The number of nitrogens with one attached hydrogen (secondary N) is 1. The van der Waals surface area contributed by atoms with Gasteiger partial charge in [-0.15, -0.1) is 0 Å². The molecule has 2 aromatic rings. The van der Waals surface area contributed by atoms with Crippen molar-refractivity contribution in [1.82, 2.24) is 10.2 Å². The van der Waals surface area contributed by atoms with Gasteiger partial charge >= 0.3 is 0 Å². The van der Waals surface area contributed by atoms with Crippen LogP contribution >= 0.6 is 0 Å². The molecule has 0 amide bonds. The quantitative estimate of drug-likeness (QED) is 0.842. The third-order valence-electron chi connectivity index (χ3n) is 4.84. The second-order valence-electron chi connectivity index (χ2n) is 6.54. The average Bonchev–Trinajstić information content (AvgIpc) is 2.63. The van der Waals surface area contributed by atoms with Crippen LogP contribution in [0.5, 0.6) is 0 Å². The summed E-state index contributed by atoms with van der Waals surface area (Å²) in [5.74, 6) is 0. The highest BCUT2D eigenvalue weighted by molar-refractivity contribution is 5.15. The van der Waals surface area contributed by atoms with Crippen LogP contribution in [0.15, 0.2) is 60.7 Å². The highest BCUT2D eigenvalue weighted by Crippen LogP contribution is 2.11. The first-order chi connectivity index (χ1) is 11.4. The first-order valence-corrected chi connectivity index (χ1v) is 8.94. The molecule has 0 aromatic heterocycles. The van der Waals surface area contributed by atoms with Crippen LogP contribution < -0.4 is 5.32 Å². The minimum absolute atomic E-state index is 0.701. The maximum Gasteiger partial charge on any atom is 0.00915 e. The number of nitrogens with zero attached hydrogens (tertiary/aromatic N) is 1. The summed E-state index contributed by atoms with van der Waals surface area (Å²) < 4.78 is 0. The summed E-state index contributed by atoms with van der Waals surface area (Å²) in [6, 6.07) is 22.3. The molecule has 1 heterocycles. The molecule has 0 saturated carbocycles. The predicted molar refractivity (Wildman–Crippen MR) is 97.8 cm³/mol. The molecule has 0 atom stereocenters. The summed E-state index contributed by atoms with van der Waals surface area (Å²) in [5.41, 5.74) is 2.89. The van der Waals surface area contributed by atoms with Gasteiger partial charge in [0, 0.05) is 12.6 Å². The lowest BCUT2D eigenvalue weighted by molar-refractivity contribution is 0.200. The Kier molecular flexibility index (Phi) is 6.25. The van der Waals surface area contributed by atoms with Gasteiger partial charge < -0.3 is 10.2 Å². The molecule has 0 unspecified atom stereocenters. The van der Waals surface area contributed by atoms with Gasteiger partial charge in [-0.3, -0.25) is 0 Å². The van der Waals surface area contributed by atoms with Crippen LogP contribution in [-0.4, -0.2) is 37.1 Å². The molecular weight excluding hydrogens is 280 g/mol. The summed E-state index contributed by atoms with van der Waals surface area (Å²) in [6.07, 6.45) is 4.87. The SMILES string of the molecule is c1ccc(CCNC2CCN(CCc3ccccc3)CC2)cc1. The first-order valence-electron chi connectivity index (χ1n) is 8.94. The Morgan fingerprint density at radius 2 is 1.35 bits per heavy atom. The second-order valence-corrected chi connectivity index (χ2v) is 6.54. The summed E-state index contributed by atoms with van der Waals surface area (Å²) >= 11 is 0. The van der Waals surface area contributed by atoms with Gasteiger partial charge in [0.25, 0.3) is 0 Å². The molecule has 2 heteroatoms. The van der Waals surface area contributed by atoms with Crippen molar-refractivity contribution in [2.75, 3.05) is 26.2 Å². The zero-order chi connectivity index (χ0) is 15.7. The van der Waals surface area contributed by atoms with E-state index in [4.69, 9.17) is 0 Å². The van der Waals surface area contributed by atoms with Crippen molar-refractivity contribution >= 4 is 0 Å². The molecule has 1 fully saturated rings. The monoisotopic (exact) mass is 308 g/mol. The normalized spacial score (nSPS) is 16.5. The van der Waals surface area contributed by atoms with E-state index in [1.807, 2.05) is 0 Å². The molecule has 1 aliphatic heterocycles. The van der Waals surface area contributed by atoms with E-state index in [9.17, 15) is 0 Å². The highest BCUT2D eigenvalue weighted by Gasteiger charge is 2.18. The van der Waals surface area contributed by atoms with Gasteiger partial charge in [0.2, 0.25) is 0 Å². The van der Waals surface area contributed by atoms with E-state index in [0.29, 0.717) is 6.04 Å². The van der Waals surface area contributed by atoms with Gasteiger partial charge in [0.05, 0.1) is 0 Å². The Labute approximate surface area is 140 Å². The largest absolute Gasteiger partial charge is 0.314 e. The molecule has 122 valence electrons. The van der Waals surface area contributed by atoms with Crippen LogP contribution in [-0.2, 0) is 12.8 Å². The van der Waals surface area contributed by atoms with Gasteiger partial charge in [-0.25, -0.2) is 0 Å².